The number of halogens is 3. The number of allylic oxidation sites excluding steroid dienone is 2. The summed E-state index contributed by atoms with van der Waals surface area (Å²) in [7, 11) is 0. The highest BCUT2D eigenvalue weighted by molar-refractivity contribution is 7.16. The van der Waals surface area contributed by atoms with Gasteiger partial charge in [-0.1, -0.05) is 26.2 Å². The first kappa shape index (κ1) is 22.1. The van der Waals surface area contributed by atoms with Crippen LogP contribution in [0.15, 0.2) is 30.1 Å². The Kier molecular flexibility index (Phi) is 7.02. The Hall–Kier alpha value is -2.55. The van der Waals surface area contributed by atoms with Crippen molar-refractivity contribution in [2.75, 3.05) is 13.2 Å². The lowest BCUT2D eigenvalue weighted by Gasteiger charge is -2.17. The fourth-order valence-electron chi connectivity index (χ4n) is 3.11. The first-order valence-electron chi connectivity index (χ1n) is 9.82. The predicted octanol–water partition coefficient (Wildman–Crippen LogP) is 5.48. The number of ether oxygens (including phenoxy) is 2. The average molecular weight is 440 g/mol. The number of hydrogen-bond donors (Lipinski definition) is 2. The number of nitrogens with two attached hydrogens (primary N) is 1. The first-order chi connectivity index (χ1) is 14.3. The van der Waals surface area contributed by atoms with Gasteiger partial charge in [0.05, 0.1) is 21.2 Å². The first-order valence-corrected chi connectivity index (χ1v) is 10.6. The second kappa shape index (κ2) is 9.51. The van der Waals surface area contributed by atoms with Crippen LogP contribution in [0.4, 0.5) is 13.2 Å². The minimum absolute atomic E-state index is 0.100. The van der Waals surface area contributed by atoms with Gasteiger partial charge >= 0.3 is 6.18 Å². The predicted molar refractivity (Wildman–Crippen MR) is 112 cm³/mol. The minimum Gasteiger partial charge on any atom is -0.485 e. The molecule has 2 aromatic heterocycles. The van der Waals surface area contributed by atoms with Crippen LogP contribution in [0.2, 0.25) is 0 Å². The highest BCUT2D eigenvalue weighted by atomic mass is 32.1. The molecule has 0 fully saturated rings. The number of nitrogens with zero attached hydrogens (tertiary/aromatic N) is 1. The van der Waals surface area contributed by atoms with Crippen molar-refractivity contribution in [2.24, 2.45) is 5.73 Å². The van der Waals surface area contributed by atoms with E-state index in [0.717, 1.165) is 46.8 Å². The Balaban J connectivity index is 1.90. The van der Waals surface area contributed by atoms with E-state index in [1.807, 2.05) is 0 Å². The number of pyridine rings is 1. The van der Waals surface area contributed by atoms with Gasteiger partial charge < -0.3 is 15.2 Å². The topological polar surface area (TPSA) is 81.2 Å². The average Bonchev–Trinajstić information content (AvgIpc) is 3.09. The smallest absolute Gasteiger partial charge is 0.430 e. The van der Waals surface area contributed by atoms with Crippen molar-refractivity contribution in [1.82, 2.24) is 4.98 Å². The van der Waals surface area contributed by atoms with Crippen LogP contribution in [0.5, 0.6) is 11.5 Å². The van der Waals surface area contributed by atoms with Gasteiger partial charge in [-0.05, 0) is 36.6 Å². The minimum atomic E-state index is -4.69. The molecule has 0 aromatic carbocycles. The molecule has 30 heavy (non-hydrogen) atoms. The van der Waals surface area contributed by atoms with E-state index in [2.05, 4.69) is 11.9 Å². The fourth-order valence-corrected chi connectivity index (χ4v) is 4.33. The number of unbranched alkanes of at least 4 members (excludes halogenated alkanes) is 3. The zero-order chi connectivity index (χ0) is 21.7. The summed E-state index contributed by atoms with van der Waals surface area (Å²) >= 11 is 1.56. The zero-order valence-electron chi connectivity index (χ0n) is 16.6. The molecule has 0 amide bonds. The maximum atomic E-state index is 12.7. The fraction of sp³-hybridized carbons (Fsp3) is 0.429. The monoisotopic (exact) mass is 439 g/mol. The third-order valence-corrected chi connectivity index (χ3v) is 5.91. The summed E-state index contributed by atoms with van der Waals surface area (Å²) < 4.78 is 49.7. The van der Waals surface area contributed by atoms with Crippen LogP contribution in [0.1, 0.15) is 43.2 Å². The van der Waals surface area contributed by atoms with E-state index in [-0.39, 0.29) is 5.69 Å². The second-order valence-corrected chi connectivity index (χ2v) is 8.07. The molecule has 5 nitrogen and oxygen atoms in total. The van der Waals surface area contributed by atoms with Gasteiger partial charge in [0.1, 0.15) is 18.9 Å². The molecule has 0 atom stereocenters. The molecule has 0 saturated heterocycles. The number of hydrogen-bond acceptors (Lipinski definition) is 6. The van der Waals surface area contributed by atoms with E-state index < -0.39 is 17.6 Å². The lowest BCUT2D eigenvalue weighted by atomic mass is 10.1. The van der Waals surface area contributed by atoms with Crippen molar-refractivity contribution in [2.45, 2.75) is 45.2 Å². The maximum absolute atomic E-state index is 12.7. The van der Waals surface area contributed by atoms with Crippen LogP contribution < -0.4 is 15.2 Å². The summed E-state index contributed by atoms with van der Waals surface area (Å²) in [6, 6.07) is 3.33. The molecule has 9 heteroatoms. The van der Waals surface area contributed by atoms with Crippen molar-refractivity contribution >= 4 is 17.0 Å². The van der Waals surface area contributed by atoms with Gasteiger partial charge in [0.15, 0.2) is 11.5 Å². The van der Waals surface area contributed by atoms with Gasteiger partial charge in [0.2, 0.25) is 0 Å². The number of nitrogens with one attached hydrogen (secondary N) is 1. The third-order valence-electron chi connectivity index (χ3n) is 4.65. The number of fused-ring (bicyclic) bond motifs is 1. The van der Waals surface area contributed by atoms with Crippen molar-refractivity contribution in [3.05, 3.63) is 40.7 Å². The molecule has 0 radical (unpaired) electrons. The SMILES string of the molecule is CCCCCCc1sc(-c2ccnc(C(=N)C=C(N)C(F)(F)F)c2)c2c1OCCO2. The molecule has 1 aliphatic rings. The summed E-state index contributed by atoms with van der Waals surface area (Å²) in [6.07, 6.45) is 2.78. The number of aromatic nitrogens is 1. The normalized spacial score (nSPS) is 14.1. The molecule has 0 unspecified atom stereocenters. The molecule has 1 aliphatic heterocycles. The summed E-state index contributed by atoms with van der Waals surface area (Å²) in [6.45, 7) is 3.09. The number of rotatable bonds is 8. The Bertz CT molecular complexity index is 938. The molecule has 3 rings (SSSR count). The van der Waals surface area contributed by atoms with Crippen LogP contribution in [0.25, 0.3) is 10.4 Å². The molecule has 0 aliphatic carbocycles. The van der Waals surface area contributed by atoms with Gasteiger partial charge in [-0.15, -0.1) is 11.3 Å². The second-order valence-electron chi connectivity index (χ2n) is 6.96. The van der Waals surface area contributed by atoms with Crippen molar-refractivity contribution in [1.29, 1.82) is 5.41 Å². The Morgan fingerprint density at radius 1 is 1.23 bits per heavy atom. The van der Waals surface area contributed by atoms with Crippen LogP contribution in [0, 0.1) is 5.41 Å². The summed E-state index contributed by atoms with van der Waals surface area (Å²) in [4.78, 5) is 5.96. The Labute approximate surface area is 177 Å². The summed E-state index contributed by atoms with van der Waals surface area (Å²) in [5, 5.41) is 7.95. The molecule has 0 spiro atoms. The summed E-state index contributed by atoms with van der Waals surface area (Å²) in [5.41, 5.74) is 4.11. The number of thiophene rings is 1. The molecule has 3 heterocycles. The van der Waals surface area contributed by atoms with Gasteiger partial charge in [-0.25, -0.2) is 0 Å². The van der Waals surface area contributed by atoms with E-state index in [0.29, 0.717) is 25.0 Å². The zero-order valence-corrected chi connectivity index (χ0v) is 17.5. The Morgan fingerprint density at radius 2 is 1.97 bits per heavy atom. The molecular formula is C21H24F3N3O2S. The van der Waals surface area contributed by atoms with Crippen molar-refractivity contribution in [3.63, 3.8) is 0 Å². The number of aryl methyl sites for hydroxylation is 1. The molecule has 0 bridgehead atoms. The molecule has 3 N–H and O–H groups in total. The lowest BCUT2D eigenvalue weighted by molar-refractivity contribution is -0.0925. The lowest BCUT2D eigenvalue weighted by Crippen LogP contribution is -2.20. The largest absolute Gasteiger partial charge is 0.485 e. The quantitative estimate of drug-likeness (QED) is 0.422. The standard InChI is InChI=1S/C21H24F3N3O2S/c1-2-3-4-5-6-16-18-19(29-10-9-28-18)20(30-16)13-7-8-27-15(11-13)14(25)12-17(26)21(22,23)24/h7-8,11-12,25H,2-6,9-10,26H2,1H3. The van der Waals surface area contributed by atoms with E-state index in [9.17, 15) is 13.2 Å². The maximum Gasteiger partial charge on any atom is 0.430 e. The third kappa shape index (κ3) is 5.13. The number of alkyl halides is 3. The summed E-state index contributed by atoms with van der Waals surface area (Å²) in [5.74, 6) is 1.41. The molecule has 2 aromatic rings. The van der Waals surface area contributed by atoms with E-state index in [1.54, 1.807) is 23.5 Å². The van der Waals surface area contributed by atoms with E-state index in [4.69, 9.17) is 20.6 Å². The highest BCUT2D eigenvalue weighted by Gasteiger charge is 2.32. The van der Waals surface area contributed by atoms with Crippen molar-refractivity contribution in [3.8, 4) is 21.9 Å². The van der Waals surface area contributed by atoms with Crippen molar-refractivity contribution < 1.29 is 22.6 Å². The van der Waals surface area contributed by atoms with E-state index >= 15 is 0 Å². The van der Waals surface area contributed by atoms with Crippen LogP contribution in [-0.4, -0.2) is 30.1 Å². The van der Waals surface area contributed by atoms with Crippen LogP contribution in [-0.2, 0) is 6.42 Å². The Morgan fingerprint density at radius 3 is 2.67 bits per heavy atom. The van der Waals surface area contributed by atoms with Crippen LogP contribution in [0.3, 0.4) is 0 Å². The molecule has 162 valence electrons. The van der Waals surface area contributed by atoms with Gasteiger partial charge in [0.25, 0.3) is 0 Å². The van der Waals surface area contributed by atoms with Crippen LogP contribution >= 0.6 is 11.3 Å². The van der Waals surface area contributed by atoms with Gasteiger partial charge in [-0.2, -0.15) is 13.2 Å². The van der Waals surface area contributed by atoms with Gasteiger partial charge in [-0.3, -0.25) is 10.4 Å². The van der Waals surface area contributed by atoms with Gasteiger partial charge in [0, 0.05) is 6.20 Å². The molecule has 0 saturated carbocycles. The molecular weight excluding hydrogens is 415 g/mol. The van der Waals surface area contributed by atoms with E-state index in [1.165, 1.54) is 12.6 Å². The highest BCUT2D eigenvalue weighted by Crippen LogP contribution is 2.49.